The molecule has 138 valence electrons. The van der Waals surface area contributed by atoms with Crippen LogP contribution in [0.3, 0.4) is 0 Å². The fourth-order valence-electron chi connectivity index (χ4n) is 2.84. The van der Waals surface area contributed by atoms with Crippen LogP contribution in [0.5, 0.6) is 0 Å². The van der Waals surface area contributed by atoms with Gasteiger partial charge in [-0.15, -0.1) is 0 Å². The van der Waals surface area contributed by atoms with Gasteiger partial charge in [-0.05, 0) is 37.1 Å². The van der Waals surface area contributed by atoms with Crippen LogP contribution in [0, 0.1) is 0 Å². The molecule has 0 bridgehead atoms. The average Bonchev–Trinajstić information content (AvgIpc) is 3.48. The van der Waals surface area contributed by atoms with Crippen molar-refractivity contribution in [1.82, 2.24) is 14.8 Å². The third-order valence-corrected chi connectivity index (χ3v) is 4.03. The monoisotopic (exact) mass is 353 g/mol. The second kappa shape index (κ2) is 9.13. The average molecular weight is 353 g/mol. The number of pyridine rings is 1. The first-order valence-corrected chi connectivity index (χ1v) is 9.30. The van der Waals surface area contributed by atoms with E-state index in [1.807, 2.05) is 62.7 Å². The van der Waals surface area contributed by atoms with E-state index >= 15 is 0 Å². The van der Waals surface area contributed by atoms with Crippen LogP contribution in [-0.4, -0.2) is 27.8 Å². The molecule has 4 rings (SSSR count). The van der Waals surface area contributed by atoms with Gasteiger partial charge < -0.3 is 4.74 Å². The Morgan fingerprint density at radius 1 is 1.12 bits per heavy atom. The lowest BCUT2D eigenvalue weighted by Crippen LogP contribution is -2.07. The zero-order chi connectivity index (χ0) is 19.1. The van der Waals surface area contributed by atoms with E-state index in [4.69, 9.17) is 4.74 Å². The van der Waals surface area contributed by atoms with Gasteiger partial charge in [0, 0.05) is 17.5 Å². The molecule has 3 aromatic rings. The summed E-state index contributed by atoms with van der Waals surface area (Å²) in [5.74, 6) is 0.0510. The fraction of sp³-hybridized carbons (Fsp3) is 0.381. The van der Waals surface area contributed by atoms with Crippen LogP contribution in [0.4, 0.5) is 0 Å². The summed E-state index contributed by atoms with van der Waals surface area (Å²) in [6.45, 7) is 8.00. The molecule has 1 aromatic carbocycles. The van der Waals surface area contributed by atoms with Crippen LogP contribution in [0.15, 0.2) is 42.7 Å². The van der Waals surface area contributed by atoms with Crippen LogP contribution in [0.2, 0.25) is 0 Å². The van der Waals surface area contributed by atoms with Crippen molar-refractivity contribution in [2.75, 3.05) is 7.11 Å². The first-order valence-electron chi connectivity index (χ1n) is 9.30. The van der Waals surface area contributed by atoms with E-state index in [0.717, 1.165) is 35.1 Å². The van der Waals surface area contributed by atoms with Crippen molar-refractivity contribution in [2.24, 2.45) is 0 Å². The summed E-state index contributed by atoms with van der Waals surface area (Å²) >= 11 is 0. The number of carbonyl (C=O) groups is 1. The maximum Gasteiger partial charge on any atom is 0.341 e. The van der Waals surface area contributed by atoms with Crippen molar-refractivity contribution >= 4 is 16.9 Å². The Labute approximate surface area is 155 Å². The molecule has 1 aliphatic rings. The van der Waals surface area contributed by atoms with E-state index in [2.05, 4.69) is 10.1 Å². The molecule has 0 saturated heterocycles. The molecule has 5 nitrogen and oxygen atoms in total. The van der Waals surface area contributed by atoms with Crippen molar-refractivity contribution in [3.63, 3.8) is 0 Å². The summed E-state index contributed by atoms with van der Waals surface area (Å²) in [6.07, 6.45) is 5.54. The van der Waals surface area contributed by atoms with Gasteiger partial charge in [-0.2, -0.15) is 5.10 Å². The van der Waals surface area contributed by atoms with Gasteiger partial charge in [0.25, 0.3) is 0 Å². The second-order valence-corrected chi connectivity index (χ2v) is 5.47. The molecular weight excluding hydrogens is 326 g/mol. The minimum atomic E-state index is -0.327. The van der Waals surface area contributed by atoms with E-state index in [1.165, 1.54) is 7.11 Å². The standard InChI is InChI=1S/C17H15N3O2.2C2H6/c1-22-17(21)13-10-19-20(16(13)11-7-8-11)15-6-2-5-14-12(15)4-3-9-18-14;2*1-2/h2-6,9-11H,7-8H2,1H3;2*1-2H3. The summed E-state index contributed by atoms with van der Waals surface area (Å²) in [6, 6.07) is 9.87. The molecule has 0 amide bonds. The molecule has 0 spiro atoms. The first kappa shape index (κ1) is 19.6. The number of nitrogens with zero attached hydrogens (tertiary/aromatic N) is 3. The largest absolute Gasteiger partial charge is 0.465 e. The highest BCUT2D eigenvalue weighted by atomic mass is 16.5. The SMILES string of the molecule is CC.CC.COC(=O)c1cnn(-c2cccc3ncccc23)c1C1CC1. The Bertz CT molecular complexity index is 861. The molecular formula is C21H27N3O2. The third-order valence-electron chi connectivity index (χ3n) is 4.03. The highest BCUT2D eigenvalue weighted by Crippen LogP contribution is 2.43. The molecule has 2 heterocycles. The predicted octanol–water partition coefficient (Wildman–Crippen LogP) is 5.14. The Morgan fingerprint density at radius 2 is 1.85 bits per heavy atom. The van der Waals surface area contributed by atoms with Crippen molar-refractivity contribution < 1.29 is 9.53 Å². The molecule has 1 fully saturated rings. The van der Waals surface area contributed by atoms with Gasteiger partial charge in [0.2, 0.25) is 0 Å². The quantitative estimate of drug-likeness (QED) is 0.612. The Morgan fingerprint density at radius 3 is 2.50 bits per heavy atom. The number of hydrogen-bond donors (Lipinski definition) is 0. The lowest BCUT2D eigenvalue weighted by atomic mass is 10.1. The smallest absolute Gasteiger partial charge is 0.341 e. The van der Waals surface area contributed by atoms with Crippen molar-refractivity contribution in [1.29, 1.82) is 0 Å². The summed E-state index contributed by atoms with van der Waals surface area (Å²) < 4.78 is 6.76. The van der Waals surface area contributed by atoms with E-state index in [0.29, 0.717) is 11.5 Å². The van der Waals surface area contributed by atoms with Crippen LogP contribution in [0.25, 0.3) is 16.6 Å². The topological polar surface area (TPSA) is 57.0 Å². The summed E-state index contributed by atoms with van der Waals surface area (Å²) in [4.78, 5) is 16.4. The molecule has 0 N–H and O–H groups in total. The summed E-state index contributed by atoms with van der Waals surface area (Å²) in [5.41, 5.74) is 3.37. The lowest BCUT2D eigenvalue weighted by Gasteiger charge is -2.10. The number of ether oxygens (including phenoxy) is 1. The van der Waals surface area contributed by atoms with Crippen molar-refractivity contribution in [2.45, 2.75) is 46.5 Å². The molecule has 0 radical (unpaired) electrons. The molecule has 5 heteroatoms. The van der Waals surface area contributed by atoms with Gasteiger partial charge in [0.15, 0.2) is 0 Å². The van der Waals surface area contributed by atoms with Gasteiger partial charge in [0.05, 0.1) is 30.2 Å². The molecule has 1 saturated carbocycles. The highest BCUT2D eigenvalue weighted by Gasteiger charge is 2.33. The maximum atomic E-state index is 12.0. The molecule has 26 heavy (non-hydrogen) atoms. The third kappa shape index (κ3) is 3.77. The van der Waals surface area contributed by atoms with E-state index < -0.39 is 0 Å². The van der Waals surface area contributed by atoms with Gasteiger partial charge in [-0.3, -0.25) is 4.98 Å². The molecule has 2 aromatic heterocycles. The number of methoxy groups -OCH3 is 1. The Hall–Kier alpha value is -2.69. The van der Waals surface area contributed by atoms with E-state index in [1.54, 1.807) is 12.4 Å². The van der Waals surface area contributed by atoms with Crippen LogP contribution >= 0.6 is 0 Å². The lowest BCUT2D eigenvalue weighted by molar-refractivity contribution is 0.0599. The normalized spacial score (nSPS) is 12.5. The number of hydrogen-bond acceptors (Lipinski definition) is 4. The minimum Gasteiger partial charge on any atom is -0.465 e. The molecule has 0 aliphatic heterocycles. The minimum absolute atomic E-state index is 0.327. The van der Waals surface area contributed by atoms with E-state index in [9.17, 15) is 4.79 Å². The van der Waals surface area contributed by atoms with Crippen LogP contribution in [-0.2, 0) is 4.74 Å². The van der Waals surface area contributed by atoms with Crippen molar-refractivity contribution in [3.05, 3.63) is 54.0 Å². The van der Waals surface area contributed by atoms with Gasteiger partial charge in [-0.1, -0.05) is 33.8 Å². The van der Waals surface area contributed by atoms with Gasteiger partial charge >= 0.3 is 5.97 Å². The number of fused-ring (bicyclic) bond motifs is 1. The number of aromatic nitrogens is 3. The number of benzene rings is 1. The number of carbonyl (C=O) groups excluding carboxylic acids is 1. The maximum absolute atomic E-state index is 12.0. The zero-order valence-corrected chi connectivity index (χ0v) is 16.2. The number of esters is 1. The van der Waals surface area contributed by atoms with Gasteiger partial charge in [0.1, 0.15) is 5.56 Å². The zero-order valence-electron chi connectivity index (χ0n) is 16.2. The first-order chi connectivity index (χ1) is 12.8. The van der Waals surface area contributed by atoms with Crippen LogP contribution in [0.1, 0.15) is 62.5 Å². The molecule has 1 aliphatic carbocycles. The van der Waals surface area contributed by atoms with E-state index in [-0.39, 0.29) is 5.97 Å². The Kier molecular flexibility index (Phi) is 6.89. The van der Waals surface area contributed by atoms with Crippen molar-refractivity contribution in [3.8, 4) is 5.69 Å². The summed E-state index contributed by atoms with van der Waals surface area (Å²) in [5, 5.41) is 5.47. The summed E-state index contributed by atoms with van der Waals surface area (Å²) in [7, 11) is 1.40. The van der Waals surface area contributed by atoms with Crippen LogP contribution < -0.4 is 0 Å². The predicted molar refractivity (Wildman–Crippen MR) is 105 cm³/mol. The Balaban J connectivity index is 0.000000570. The second-order valence-electron chi connectivity index (χ2n) is 5.47. The number of rotatable bonds is 3. The fourth-order valence-corrected chi connectivity index (χ4v) is 2.84. The molecule has 0 atom stereocenters. The highest BCUT2D eigenvalue weighted by molar-refractivity contribution is 5.92. The van der Waals surface area contributed by atoms with Gasteiger partial charge in [-0.25, -0.2) is 9.48 Å². The molecule has 0 unspecified atom stereocenters.